The van der Waals surface area contributed by atoms with Gasteiger partial charge >= 0.3 is 0 Å². The smallest absolute Gasteiger partial charge is 0.240 e. The monoisotopic (exact) mass is 322 g/mol. The van der Waals surface area contributed by atoms with Crippen LogP contribution in [0.15, 0.2) is 28.8 Å². The second-order valence-corrected chi connectivity index (χ2v) is 5.73. The Balaban J connectivity index is 0.00000176. The summed E-state index contributed by atoms with van der Waals surface area (Å²) in [6.45, 7) is 8.13. The molecule has 1 N–H and O–H groups in total. The lowest BCUT2D eigenvalue weighted by atomic mass is 10.1. The number of benzene rings is 1. The molecule has 1 aromatic heterocycles. The van der Waals surface area contributed by atoms with Gasteiger partial charge in [-0.05, 0) is 25.0 Å². The third-order valence-electron chi connectivity index (χ3n) is 4.10. The third-order valence-corrected chi connectivity index (χ3v) is 4.10. The molecule has 6 heteroatoms. The summed E-state index contributed by atoms with van der Waals surface area (Å²) in [6, 6.07) is 8.82. The zero-order chi connectivity index (χ0) is 14.7. The largest absolute Gasteiger partial charge is 0.338 e. The Kier molecular flexibility index (Phi) is 5.94. The number of piperazine rings is 1. The summed E-state index contributed by atoms with van der Waals surface area (Å²) in [5.41, 5.74) is 2.51. The number of halogens is 1. The molecule has 5 nitrogen and oxygen atoms in total. The van der Waals surface area contributed by atoms with E-state index < -0.39 is 0 Å². The van der Waals surface area contributed by atoms with Crippen molar-refractivity contribution in [3.05, 3.63) is 47.1 Å². The van der Waals surface area contributed by atoms with E-state index in [1.54, 1.807) is 0 Å². The van der Waals surface area contributed by atoms with Crippen molar-refractivity contribution in [2.24, 2.45) is 0 Å². The number of nitrogens with one attached hydrogen (secondary N) is 1. The van der Waals surface area contributed by atoms with Gasteiger partial charge in [0.2, 0.25) is 5.89 Å². The Labute approximate surface area is 137 Å². The van der Waals surface area contributed by atoms with Crippen LogP contribution in [0.25, 0.3) is 0 Å². The first kappa shape index (κ1) is 16.9. The van der Waals surface area contributed by atoms with Gasteiger partial charge in [0.25, 0.3) is 0 Å². The van der Waals surface area contributed by atoms with Crippen LogP contribution in [0.3, 0.4) is 0 Å². The van der Waals surface area contributed by atoms with Gasteiger partial charge in [0.1, 0.15) is 0 Å². The second kappa shape index (κ2) is 7.72. The standard InChI is InChI=1S/C16H22N4O.ClH/c1-12-5-3-4-6-14(12)9-15-18-16(21-19-15)11-20-8-7-17-10-13(20)2;/h3-6,13,17H,7-11H2,1-2H3;1H/t13-;/m0./s1. The van der Waals surface area contributed by atoms with E-state index in [-0.39, 0.29) is 12.4 Å². The molecule has 0 aliphatic carbocycles. The van der Waals surface area contributed by atoms with Gasteiger partial charge in [-0.2, -0.15) is 4.98 Å². The predicted octanol–water partition coefficient (Wildman–Crippen LogP) is 2.18. The van der Waals surface area contributed by atoms with E-state index in [9.17, 15) is 0 Å². The molecule has 0 bridgehead atoms. The van der Waals surface area contributed by atoms with E-state index in [1.165, 1.54) is 11.1 Å². The molecule has 0 spiro atoms. The Morgan fingerprint density at radius 3 is 2.95 bits per heavy atom. The van der Waals surface area contributed by atoms with Crippen molar-refractivity contribution >= 4 is 12.4 Å². The number of aryl methyl sites for hydroxylation is 1. The minimum atomic E-state index is 0. The normalized spacial score (nSPS) is 18.9. The molecule has 0 unspecified atom stereocenters. The number of hydrogen-bond acceptors (Lipinski definition) is 5. The Hall–Kier alpha value is -1.43. The molecule has 1 aromatic carbocycles. The molecule has 0 amide bonds. The van der Waals surface area contributed by atoms with Crippen LogP contribution < -0.4 is 5.32 Å². The van der Waals surface area contributed by atoms with Crippen LogP contribution in [0.1, 0.15) is 29.8 Å². The quantitative estimate of drug-likeness (QED) is 0.935. The van der Waals surface area contributed by atoms with Gasteiger partial charge < -0.3 is 9.84 Å². The van der Waals surface area contributed by atoms with Crippen LogP contribution in [0.5, 0.6) is 0 Å². The Morgan fingerprint density at radius 2 is 2.18 bits per heavy atom. The summed E-state index contributed by atoms with van der Waals surface area (Å²) in [7, 11) is 0. The van der Waals surface area contributed by atoms with Crippen LogP contribution >= 0.6 is 12.4 Å². The molecule has 0 radical (unpaired) electrons. The zero-order valence-electron chi connectivity index (χ0n) is 13.1. The second-order valence-electron chi connectivity index (χ2n) is 5.73. The van der Waals surface area contributed by atoms with Crippen molar-refractivity contribution in [2.45, 2.75) is 32.9 Å². The molecule has 1 aliphatic rings. The lowest BCUT2D eigenvalue weighted by Gasteiger charge is -2.32. The van der Waals surface area contributed by atoms with E-state index in [0.717, 1.165) is 38.4 Å². The lowest BCUT2D eigenvalue weighted by Crippen LogP contribution is -2.49. The van der Waals surface area contributed by atoms with Crippen molar-refractivity contribution in [1.82, 2.24) is 20.4 Å². The Bertz CT molecular complexity index is 601. The summed E-state index contributed by atoms with van der Waals surface area (Å²) in [5, 5.41) is 7.50. The van der Waals surface area contributed by atoms with Gasteiger partial charge in [-0.25, -0.2) is 0 Å². The van der Waals surface area contributed by atoms with Gasteiger partial charge in [0, 0.05) is 32.1 Å². The predicted molar refractivity (Wildman–Crippen MR) is 88.3 cm³/mol. The minimum Gasteiger partial charge on any atom is -0.338 e. The number of aromatic nitrogens is 2. The summed E-state index contributed by atoms with van der Waals surface area (Å²) in [4.78, 5) is 6.91. The number of hydrogen-bond donors (Lipinski definition) is 1. The maximum Gasteiger partial charge on any atom is 0.240 e. The molecule has 22 heavy (non-hydrogen) atoms. The van der Waals surface area contributed by atoms with E-state index >= 15 is 0 Å². The summed E-state index contributed by atoms with van der Waals surface area (Å²) >= 11 is 0. The number of nitrogens with zero attached hydrogens (tertiary/aromatic N) is 3. The molecule has 2 heterocycles. The van der Waals surface area contributed by atoms with Gasteiger partial charge in [-0.3, -0.25) is 4.90 Å². The van der Waals surface area contributed by atoms with E-state index in [4.69, 9.17) is 4.52 Å². The fourth-order valence-electron chi connectivity index (χ4n) is 2.70. The lowest BCUT2D eigenvalue weighted by molar-refractivity contribution is 0.146. The molecule has 1 atom stereocenters. The molecular weight excluding hydrogens is 300 g/mol. The van der Waals surface area contributed by atoms with E-state index in [2.05, 4.69) is 46.3 Å². The van der Waals surface area contributed by atoms with Crippen molar-refractivity contribution in [3.8, 4) is 0 Å². The number of rotatable bonds is 4. The van der Waals surface area contributed by atoms with E-state index in [0.29, 0.717) is 11.9 Å². The van der Waals surface area contributed by atoms with Crippen molar-refractivity contribution in [3.63, 3.8) is 0 Å². The van der Waals surface area contributed by atoms with E-state index in [1.807, 2.05) is 12.1 Å². The average molecular weight is 323 g/mol. The highest BCUT2D eigenvalue weighted by atomic mass is 35.5. The first-order chi connectivity index (χ1) is 10.2. The van der Waals surface area contributed by atoms with Gasteiger partial charge in [-0.15, -0.1) is 12.4 Å². The maximum absolute atomic E-state index is 5.40. The van der Waals surface area contributed by atoms with Crippen molar-refractivity contribution in [1.29, 1.82) is 0 Å². The summed E-state index contributed by atoms with van der Waals surface area (Å²) < 4.78 is 5.40. The molecule has 1 aliphatic heterocycles. The van der Waals surface area contributed by atoms with Gasteiger partial charge in [-0.1, -0.05) is 29.4 Å². The summed E-state index contributed by atoms with van der Waals surface area (Å²) in [6.07, 6.45) is 0.729. The van der Waals surface area contributed by atoms with Crippen molar-refractivity contribution in [2.75, 3.05) is 19.6 Å². The van der Waals surface area contributed by atoms with Gasteiger partial charge in [0.05, 0.1) is 6.54 Å². The summed E-state index contributed by atoms with van der Waals surface area (Å²) in [5.74, 6) is 1.48. The Morgan fingerprint density at radius 1 is 1.36 bits per heavy atom. The SMILES string of the molecule is Cc1ccccc1Cc1noc(CN2CCNC[C@@H]2C)n1.Cl. The average Bonchev–Trinajstić information content (AvgIpc) is 2.91. The first-order valence-corrected chi connectivity index (χ1v) is 7.53. The van der Waals surface area contributed by atoms with Crippen LogP contribution in [0, 0.1) is 6.92 Å². The molecule has 1 fully saturated rings. The topological polar surface area (TPSA) is 54.2 Å². The van der Waals surface area contributed by atoms with Crippen LogP contribution in [0.4, 0.5) is 0 Å². The molecule has 1 saturated heterocycles. The van der Waals surface area contributed by atoms with Crippen molar-refractivity contribution < 1.29 is 4.52 Å². The zero-order valence-corrected chi connectivity index (χ0v) is 13.9. The van der Waals surface area contributed by atoms with Crippen LogP contribution in [0.2, 0.25) is 0 Å². The molecule has 0 saturated carbocycles. The fourth-order valence-corrected chi connectivity index (χ4v) is 2.70. The van der Waals surface area contributed by atoms with Gasteiger partial charge in [0.15, 0.2) is 5.82 Å². The molecule has 120 valence electrons. The van der Waals surface area contributed by atoms with Crippen LogP contribution in [-0.2, 0) is 13.0 Å². The first-order valence-electron chi connectivity index (χ1n) is 7.53. The molecular formula is C16H23ClN4O. The highest BCUT2D eigenvalue weighted by Crippen LogP contribution is 2.13. The maximum atomic E-state index is 5.40. The van der Waals surface area contributed by atoms with Crippen LogP contribution in [-0.4, -0.2) is 40.7 Å². The third kappa shape index (κ3) is 4.06. The molecule has 2 aromatic rings. The minimum absolute atomic E-state index is 0. The fraction of sp³-hybridized carbons (Fsp3) is 0.500. The highest BCUT2D eigenvalue weighted by Gasteiger charge is 2.20. The highest BCUT2D eigenvalue weighted by molar-refractivity contribution is 5.85. The molecule has 3 rings (SSSR count).